The molecule has 1 atom stereocenters. The van der Waals surface area contributed by atoms with Gasteiger partial charge in [0, 0.05) is 47.7 Å². The Morgan fingerprint density at radius 2 is 1.17 bits per heavy atom. The Morgan fingerprint density at radius 3 is 1.59 bits per heavy atom. The molecule has 0 amide bonds. The van der Waals surface area contributed by atoms with E-state index in [1.807, 2.05) is 0 Å². The molecule has 4 aliphatic carbocycles. The third-order valence-electron chi connectivity index (χ3n) is 11.6. The number of allylic oxidation sites excluding steroid dienone is 2. The largest absolute Gasteiger partial charge is 0.347 e. The maximum absolute atomic E-state index is 7.09. The van der Waals surface area contributed by atoms with Crippen molar-refractivity contribution < 1.29 is 4.52 Å². The van der Waals surface area contributed by atoms with Crippen LogP contribution in [0.3, 0.4) is 0 Å². The van der Waals surface area contributed by atoms with Gasteiger partial charge in [-0.3, -0.25) is 0 Å². The van der Waals surface area contributed by atoms with Gasteiger partial charge in [-0.25, -0.2) is 0 Å². The maximum atomic E-state index is 7.09. The van der Waals surface area contributed by atoms with Gasteiger partial charge in [-0.15, -0.1) is 0 Å². The van der Waals surface area contributed by atoms with Crippen LogP contribution < -0.4 is 9.80 Å². The summed E-state index contributed by atoms with van der Waals surface area (Å²) in [5.74, 6) is 7.65. The van der Waals surface area contributed by atoms with E-state index >= 15 is 0 Å². The van der Waals surface area contributed by atoms with Gasteiger partial charge in [0.1, 0.15) is 6.26 Å². The first-order valence-electron chi connectivity index (χ1n) is 15.8. The van der Waals surface area contributed by atoms with Crippen LogP contribution in [0.1, 0.15) is 83.8 Å². The van der Waals surface area contributed by atoms with Crippen LogP contribution >= 0.6 is 6.26 Å². The third kappa shape index (κ3) is 4.50. The summed E-state index contributed by atoms with van der Waals surface area (Å²) in [6.45, 7) is 10.1. The van der Waals surface area contributed by atoms with E-state index in [1.54, 1.807) is 0 Å². The summed E-state index contributed by atoms with van der Waals surface area (Å²) in [6, 6.07) is 17.6. The Balaban J connectivity index is 1.25. The molecule has 218 valence electrons. The second-order valence-corrected chi connectivity index (χ2v) is 18.9. The molecule has 0 N–H and O–H groups in total. The smallest absolute Gasteiger partial charge is 0.113 e. The van der Waals surface area contributed by atoms with Crippen LogP contribution in [-0.4, -0.2) is 20.7 Å². The van der Waals surface area contributed by atoms with Gasteiger partial charge in [0.05, 0.1) is 6.61 Å². The first-order chi connectivity index (χ1) is 19.4. The number of fused-ring (bicyclic) bond motifs is 2. The van der Waals surface area contributed by atoms with Crippen molar-refractivity contribution in [1.82, 2.24) is 0 Å². The zero-order chi connectivity index (χ0) is 28.8. The van der Waals surface area contributed by atoms with Crippen molar-refractivity contribution in [3.63, 3.8) is 0 Å². The van der Waals surface area contributed by atoms with Crippen LogP contribution in [0.5, 0.6) is 0 Å². The third-order valence-corrected chi connectivity index (χ3v) is 14.3. The number of hydrogen-bond donors (Lipinski definition) is 0. The van der Waals surface area contributed by atoms with Gasteiger partial charge < -0.3 is 14.3 Å². The van der Waals surface area contributed by atoms with E-state index in [2.05, 4.69) is 112 Å². The second-order valence-electron chi connectivity index (χ2n) is 15.1. The van der Waals surface area contributed by atoms with E-state index < -0.39 is 6.26 Å². The molecule has 0 saturated heterocycles. The van der Waals surface area contributed by atoms with Crippen molar-refractivity contribution in [3.05, 3.63) is 82.7 Å². The number of rotatable bonds is 6. The molecule has 1 unspecified atom stereocenters. The normalized spacial score (nSPS) is 33.9. The summed E-state index contributed by atoms with van der Waals surface area (Å²) >= 11 is 6.70. The summed E-state index contributed by atoms with van der Waals surface area (Å²) in [7, 11) is 4.40. The molecule has 4 fully saturated rings. The Morgan fingerprint density at radius 1 is 0.756 bits per heavy atom. The van der Waals surface area contributed by atoms with Crippen LogP contribution in [0.25, 0.3) is 0 Å². The lowest BCUT2D eigenvalue weighted by Gasteiger charge is -2.57. The SMILES string of the molecule is CN1/C(=C\P(=S)(/C=C2/N(C)c3ccccc3C2(C)C)OCCC23CC4CC(CC(C4)C2)C3)C(C)(C)c2ccccc21. The summed E-state index contributed by atoms with van der Waals surface area (Å²) < 4.78 is 7.09. The van der Waals surface area contributed by atoms with E-state index in [0.717, 1.165) is 24.4 Å². The fourth-order valence-corrected chi connectivity index (χ4v) is 13.0. The van der Waals surface area contributed by atoms with Crippen molar-refractivity contribution in [2.45, 2.75) is 83.5 Å². The molecule has 2 aromatic carbocycles. The maximum Gasteiger partial charge on any atom is 0.113 e. The highest BCUT2D eigenvalue weighted by molar-refractivity contribution is 8.15. The molecule has 5 heteroatoms. The molecule has 2 aromatic rings. The summed E-state index contributed by atoms with van der Waals surface area (Å²) in [5, 5.41) is 0. The molecule has 4 saturated carbocycles. The van der Waals surface area contributed by atoms with Crippen LogP contribution in [0.15, 0.2) is 71.6 Å². The fraction of sp³-hybridized carbons (Fsp3) is 0.556. The number of likely N-dealkylation sites (N-methyl/N-ethyl adjacent to an activating group) is 2. The monoisotopic (exact) mass is 586 g/mol. The summed E-state index contributed by atoms with van der Waals surface area (Å²) in [5.41, 5.74) is 8.05. The van der Waals surface area contributed by atoms with Crippen LogP contribution in [-0.2, 0) is 27.2 Å². The Kier molecular flexibility index (Phi) is 6.52. The van der Waals surface area contributed by atoms with Crippen molar-refractivity contribution in [2.24, 2.45) is 23.2 Å². The molecular formula is C36H47N2OPS. The number of hydrogen-bond acceptors (Lipinski definition) is 4. The van der Waals surface area contributed by atoms with Gasteiger partial charge in [0.15, 0.2) is 0 Å². The predicted molar refractivity (Wildman–Crippen MR) is 177 cm³/mol. The van der Waals surface area contributed by atoms with Gasteiger partial charge in [-0.2, -0.15) is 0 Å². The van der Waals surface area contributed by atoms with Crippen molar-refractivity contribution in [2.75, 3.05) is 30.5 Å². The summed E-state index contributed by atoms with van der Waals surface area (Å²) in [4.78, 5) is 4.71. The zero-order valence-corrected chi connectivity index (χ0v) is 27.5. The molecule has 0 radical (unpaired) electrons. The Labute approximate surface area is 253 Å². The Hall–Kier alpha value is -1.87. The van der Waals surface area contributed by atoms with E-state index in [1.165, 1.54) is 78.8 Å². The van der Waals surface area contributed by atoms with Gasteiger partial charge in [-0.05, 0) is 103 Å². The van der Waals surface area contributed by atoms with Gasteiger partial charge in [-0.1, -0.05) is 75.9 Å². The lowest BCUT2D eigenvalue weighted by molar-refractivity contribution is -0.0617. The highest BCUT2D eigenvalue weighted by atomic mass is 32.4. The van der Waals surface area contributed by atoms with Crippen LogP contribution in [0, 0.1) is 23.2 Å². The molecule has 8 rings (SSSR count). The minimum atomic E-state index is -2.49. The van der Waals surface area contributed by atoms with E-state index in [9.17, 15) is 0 Å². The average Bonchev–Trinajstić information content (AvgIpc) is 3.22. The van der Waals surface area contributed by atoms with E-state index in [0.29, 0.717) is 5.41 Å². The average molecular weight is 587 g/mol. The highest BCUT2D eigenvalue weighted by Crippen LogP contribution is 2.63. The molecule has 3 nitrogen and oxygen atoms in total. The molecule has 41 heavy (non-hydrogen) atoms. The molecule has 0 aromatic heterocycles. The number of anilines is 2. The van der Waals surface area contributed by atoms with Crippen LogP contribution in [0.4, 0.5) is 11.4 Å². The lowest BCUT2D eigenvalue weighted by atomic mass is 9.49. The van der Waals surface area contributed by atoms with Crippen LogP contribution in [0.2, 0.25) is 0 Å². The first kappa shape index (κ1) is 27.9. The second kappa shape index (κ2) is 9.57. The number of para-hydroxylation sites is 2. The molecular weight excluding hydrogens is 539 g/mol. The van der Waals surface area contributed by atoms with E-state index in [-0.39, 0.29) is 10.8 Å². The minimum Gasteiger partial charge on any atom is -0.347 e. The quantitative estimate of drug-likeness (QED) is 0.313. The van der Waals surface area contributed by atoms with Gasteiger partial charge >= 0.3 is 0 Å². The lowest BCUT2D eigenvalue weighted by Crippen LogP contribution is -2.46. The van der Waals surface area contributed by atoms with Gasteiger partial charge in [0.25, 0.3) is 0 Å². The number of nitrogens with zero attached hydrogens (tertiary/aromatic N) is 2. The zero-order valence-electron chi connectivity index (χ0n) is 25.8. The molecule has 2 aliphatic heterocycles. The van der Waals surface area contributed by atoms with E-state index in [4.69, 9.17) is 16.3 Å². The number of benzene rings is 2. The fourth-order valence-electron chi connectivity index (χ4n) is 9.91. The highest BCUT2D eigenvalue weighted by Gasteiger charge is 2.50. The van der Waals surface area contributed by atoms with Crippen molar-refractivity contribution in [1.29, 1.82) is 0 Å². The Bertz CT molecular complexity index is 1370. The summed E-state index contributed by atoms with van der Waals surface area (Å²) in [6.07, 6.45) is 7.39. The topological polar surface area (TPSA) is 15.7 Å². The molecule has 0 spiro atoms. The molecule has 2 heterocycles. The molecule has 4 bridgehead atoms. The minimum absolute atomic E-state index is 0.128. The standard InChI is InChI=1S/C36H47N2OPS/c1-34(2)28-11-7-9-13-30(28)37(5)32(34)23-40(41,24-33-35(3,4)29-12-8-10-14-31(29)38(33)6)39-16-15-36-20-25-17-26(21-36)19-27(18-25)22-36/h7-14,23-27H,15-22H2,1-6H3/b32-23-,33-24+. The molecule has 6 aliphatic rings. The van der Waals surface area contributed by atoms with Crippen molar-refractivity contribution >= 4 is 29.4 Å². The van der Waals surface area contributed by atoms with Gasteiger partial charge in [0.2, 0.25) is 0 Å². The first-order valence-corrected chi connectivity index (χ1v) is 18.6. The van der Waals surface area contributed by atoms with Crippen molar-refractivity contribution in [3.8, 4) is 0 Å². The predicted octanol–water partition coefficient (Wildman–Crippen LogP) is 9.54.